The predicted octanol–water partition coefficient (Wildman–Crippen LogP) is 2.77. The molecule has 1 amide bonds. The van der Waals surface area contributed by atoms with Gasteiger partial charge in [0.25, 0.3) is 5.89 Å². The van der Waals surface area contributed by atoms with Gasteiger partial charge in [0.2, 0.25) is 11.7 Å². The Morgan fingerprint density at radius 2 is 2.07 bits per heavy atom. The Morgan fingerprint density at radius 1 is 1.20 bits per heavy atom. The third kappa shape index (κ3) is 3.71. The van der Waals surface area contributed by atoms with Crippen molar-refractivity contribution < 1.29 is 14.1 Å². The fraction of sp³-hybridized carbons (Fsp3) is 0.350. The average Bonchev–Trinajstić information content (AvgIpc) is 3.51. The lowest BCUT2D eigenvalue weighted by Gasteiger charge is -2.26. The van der Waals surface area contributed by atoms with Gasteiger partial charge in [0.05, 0.1) is 30.2 Å². The lowest BCUT2D eigenvalue weighted by Crippen LogP contribution is -2.41. The molecule has 0 unspecified atom stereocenters. The van der Waals surface area contributed by atoms with Crippen LogP contribution in [0.15, 0.2) is 34.9 Å². The zero-order valence-corrected chi connectivity index (χ0v) is 17.3. The van der Waals surface area contributed by atoms with Crippen LogP contribution in [0.2, 0.25) is 0 Å². The number of aryl methyl sites for hydroxylation is 2. The number of benzene rings is 1. The molecule has 0 bridgehead atoms. The van der Waals surface area contributed by atoms with E-state index in [0.29, 0.717) is 51.0 Å². The first-order valence-corrected chi connectivity index (χ1v) is 10.6. The average molecular weight is 424 g/mol. The van der Waals surface area contributed by atoms with Gasteiger partial charge in [0, 0.05) is 30.0 Å². The number of carbonyl (C=O) groups is 1. The summed E-state index contributed by atoms with van der Waals surface area (Å²) in [6, 6.07) is 9.73. The molecular weight excluding hydrogens is 404 g/mol. The van der Waals surface area contributed by atoms with Crippen molar-refractivity contribution in [3.63, 3.8) is 0 Å². The fourth-order valence-electron chi connectivity index (χ4n) is 3.44. The summed E-state index contributed by atoms with van der Waals surface area (Å²) in [5.41, 5.74) is 2.40. The zero-order chi connectivity index (χ0) is 20.5. The minimum absolute atomic E-state index is 0.113. The van der Waals surface area contributed by atoms with Gasteiger partial charge < -0.3 is 14.2 Å². The summed E-state index contributed by atoms with van der Waals surface area (Å²) in [5.74, 6) is 1.13. The Balaban J connectivity index is 1.31. The van der Waals surface area contributed by atoms with E-state index in [4.69, 9.17) is 9.26 Å². The van der Waals surface area contributed by atoms with Crippen molar-refractivity contribution in [2.24, 2.45) is 0 Å². The van der Waals surface area contributed by atoms with E-state index in [1.54, 1.807) is 16.0 Å². The zero-order valence-electron chi connectivity index (χ0n) is 16.4. The Kier molecular flexibility index (Phi) is 5.01. The maximum Gasteiger partial charge on any atom is 0.268 e. The number of carbonyl (C=O) groups excluding carboxylic acids is 1. The summed E-state index contributed by atoms with van der Waals surface area (Å²) >= 11 is 1.61. The molecule has 1 saturated heterocycles. The van der Waals surface area contributed by atoms with Crippen LogP contribution in [0.3, 0.4) is 0 Å². The summed E-state index contributed by atoms with van der Waals surface area (Å²) in [6.07, 6.45) is 0.384. The molecule has 4 heterocycles. The van der Waals surface area contributed by atoms with Crippen molar-refractivity contribution in [3.05, 3.63) is 35.2 Å². The smallest absolute Gasteiger partial charge is 0.268 e. The van der Waals surface area contributed by atoms with E-state index in [1.165, 1.54) is 4.88 Å². The minimum Gasteiger partial charge on any atom is -0.378 e. The molecule has 3 aromatic heterocycles. The fourth-order valence-corrected chi connectivity index (χ4v) is 4.23. The lowest BCUT2D eigenvalue weighted by molar-refractivity contribution is -0.135. The Hall–Kier alpha value is -3.11. The number of amides is 1. The van der Waals surface area contributed by atoms with Crippen LogP contribution in [0.1, 0.15) is 11.3 Å². The van der Waals surface area contributed by atoms with Crippen LogP contribution in [0.4, 0.5) is 0 Å². The van der Waals surface area contributed by atoms with E-state index in [9.17, 15) is 4.79 Å². The van der Waals surface area contributed by atoms with Crippen LogP contribution in [-0.4, -0.2) is 62.2 Å². The molecular formula is C20H20N6O3S. The molecule has 1 fully saturated rings. The number of ether oxygens (including phenoxy) is 1. The SMILES string of the molecule is Cc1ccc(-c2nc(-c3ccc4c(c3)nnn4CCC(=O)N3CCOCC3)no2)s1. The van der Waals surface area contributed by atoms with Gasteiger partial charge in [0.1, 0.15) is 5.52 Å². The van der Waals surface area contributed by atoms with Crippen LogP contribution in [0.25, 0.3) is 33.2 Å². The third-order valence-corrected chi connectivity index (χ3v) is 6.04. The van der Waals surface area contributed by atoms with Crippen molar-refractivity contribution in [1.82, 2.24) is 30.0 Å². The molecule has 1 aromatic carbocycles. The molecule has 0 N–H and O–H groups in total. The molecule has 5 rings (SSSR count). The molecule has 0 aliphatic carbocycles. The Morgan fingerprint density at radius 3 is 2.87 bits per heavy atom. The van der Waals surface area contributed by atoms with Gasteiger partial charge in [-0.1, -0.05) is 10.4 Å². The quantitative estimate of drug-likeness (QED) is 0.486. The molecule has 0 atom stereocenters. The Labute approximate surface area is 176 Å². The van der Waals surface area contributed by atoms with E-state index in [-0.39, 0.29) is 5.91 Å². The number of hydrogen-bond donors (Lipinski definition) is 0. The van der Waals surface area contributed by atoms with Crippen LogP contribution in [0.5, 0.6) is 0 Å². The highest BCUT2D eigenvalue weighted by Crippen LogP contribution is 2.29. The molecule has 154 valence electrons. The molecule has 4 aromatic rings. The molecule has 9 nitrogen and oxygen atoms in total. The van der Waals surface area contributed by atoms with Gasteiger partial charge in [-0.2, -0.15) is 4.98 Å². The summed E-state index contributed by atoms with van der Waals surface area (Å²) in [7, 11) is 0. The largest absolute Gasteiger partial charge is 0.378 e. The van der Waals surface area contributed by atoms with E-state index >= 15 is 0 Å². The van der Waals surface area contributed by atoms with Gasteiger partial charge >= 0.3 is 0 Å². The first kappa shape index (κ1) is 18.9. The monoisotopic (exact) mass is 424 g/mol. The van der Waals surface area contributed by atoms with Crippen molar-refractivity contribution in [3.8, 4) is 22.2 Å². The normalized spacial score (nSPS) is 14.5. The van der Waals surface area contributed by atoms with Crippen molar-refractivity contribution in [2.45, 2.75) is 19.9 Å². The number of morpholine rings is 1. The summed E-state index contributed by atoms with van der Waals surface area (Å²) in [5, 5.41) is 12.6. The predicted molar refractivity (Wildman–Crippen MR) is 111 cm³/mol. The van der Waals surface area contributed by atoms with E-state index in [0.717, 1.165) is 21.5 Å². The number of fused-ring (bicyclic) bond motifs is 1. The molecule has 1 aliphatic heterocycles. The topological polar surface area (TPSA) is 99.2 Å². The first-order chi connectivity index (χ1) is 14.7. The van der Waals surface area contributed by atoms with Crippen LogP contribution in [0, 0.1) is 6.92 Å². The summed E-state index contributed by atoms with van der Waals surface area (Å²) in [6.45, 7) is 5.03. The highest BCUT2D eigenvalue weighted by Gasteiger charge is 2.18. The maximum absolute atomic E-state index is 12.4. The van der Waals surface area contributed by atoms with Gasteiger partial charge in [-0.25, -0.2) is 4.68 Å². The molecule has 0 spiro atoms. The van der Waals surface area contributed by atoms with Crippen LogP contribution >= 0.6 is 11.3 Å². The first-order valence-electron chi connectivity index (χ1n) is 9.77. The number of aromatic nitrogens is 5. The van der Waals surface area contributed by atoms with E-state index < -0.39 is 0 Å². The highest BCUT2D eigenvalue weighted by atomic mass is 32.1. The number of rotatable bonds is 5. The second kappa shape index (κ2) is 7.96. The van der Waals surface area contributed by atoms with Crippen LogP contribution in [-0.2, 0) is 16.1 Å². The number of hydrogen-bond acceptors (Lipinski definition) is 8. The molecule has 30 heavy (non-hydrogen) atoms. The second-order valence-corrected chi connectivity index (χ2v) is 8.38. The van der Waals surface area contributed by atoms with Gasteiger partial charge in [-0.3, -0.25) is 4.79 Å². The van der Waals surface area contributed by atoms with Crippen molar-refractivity contribution >= 4 is 28.3 Å². The van der Waals surface area contributed by atoms with E-state index in [2.05, 4.69) is 20.5 Å². The molecule has 1 aliphatic rings. The summed E-state index contributed by atoms with van der Waals surface area (Å²) < 4.78 is 12.5. The van der Waals surface area contributed by atoms with Crippen molar-refractivity contribution in [1.29, 1.82) is 0 Å². The van der Waals surface area contributed by atoms with Crippen molar-refractivity contribution in [2.75, 3.05) is 26.3 Å². The molecule has 0 radical (unpaired) electrons. The highest BCUT2D eigenvalue weighted by molar-refractivity contribution is 7.15. The van der Waals surface area contributed by atoms with Gasteiger partial charge in [-0.05, 0) is 37.3 Å². The Bertz CT molecular complexity index is 1190. The second-order valence-electron chi connectivity index (χ2n) is 7.09. The number of nitrogens with zero attached hydrogens (tertiary/aromatic N) is 6. The summed E-state index contributed by atoms with van der Waals surface area (Å²) in [4.78, 5) is 20.9. The maximum atomic E-state index is 12.4. The molecule has 10 heteroatoms. The standard InChI is InChI=1S/C20H20N6O3S/c1-13-2-5-17(30-13)20-21-19(23-29-20)14-3-4-16-15(12-14)22-24-26(16)7-6-18(27)25-8-10-28-11-9-25/h2-5,12H,6-11H2,1H3. The van der Waals surface area contributed by atoms with Crippen LogP contribution < -0.4 is 0 Å². The third-order valence-electron chi connectivity index (χ3n) is 5.05. The van der Waals surface area contributed by atoms with Gasteiger partial charge in [-0.15, -0.1) is 16.4 Å². The van der Waals surface area contributed by atoms with E-state index in [1.807, 2.05) is 42.2 Å². The minimum atomic E-state index is 0.113. The number of thiophene rings is 1. The van der Waals surface area contributed by atoms with Gasteiger partial charge in [0.15, 0.2) is 0 Å². The lowest BCUT2D eigenvalue weighted by atomic mass is 10.2. The molecule has 0 saturated carbocycles.